The van der Waals surface area contributed by atoms with Gasteiger partial charge in [-0.3, -0.25) is 9.59 Å². The molecule has 2 rings (SSSR count). The van der Waals surface area contributed by atoms with Crippen molar-refractivity contribution in [3.63, 3.8) is 0 Å². The maximum atomic E-state index is 12.4. The topological polar surface area (TPSA) is 101 Å². The Morgan fingerprint density at radius 3 is 2.71 bits per heavy atom. The average Bonchev–Trinajstić information content (AvgIpc) is 2.81. The van der Waals surface area contributed by atoms with Gasteiger partial charge in [-0.2, -0.15) is 4.98 Å². The van der Waals surface area contributed by atoms with E-state index in [1.807, 2.05) is 20.8 Å². The fourth-order valence-corrected chi connectivity index (χ4v) is 1.96. The maximum Gasteiger partial charge on any atom is 0.323 e. The van der Waals surface area contributed by atoms with E-state index >= 15 is 0 Å². The lowest BCUT2D eigenvalue weighted by Crippen LogP contribution is -2.38. The summed E-state index contributed by atoms with van der Waals surface area (Å²) in [7, 11) is 0. The molecule has 0 aliphatic rings. The number of carbonyl (C=O) groups is 2. The molecule has 0 aromatic carbocycles. The van der Waals surface area contributed by atoms with Crippen LogP contribution in [0.3, 0.4) is 0 Å². The first-order chi connectivity index (χ1) is 9.88. The highest BCUT2D eigenvalue weighted by molar-refractivity contribution is 5.92. The van der Waals surface area contributed by atoms with Crippen LogP contribution < -0.4 is 0 Å². The SMILES string of the molecule is Cc1ccnc2nc(C(=O)N(CC(=O)O)CC(C)C)nn12. The van der Waals surface area contributed by atoms with Crippen LogP contribution in [0.4, 0.5) is 0 Å². The Balaban J connectivity index is 2.33. The van der Waals surface area contributed by atoms with Crippen molar-refractivity contribution >= 4 is 17.7 Å². The van der Waals surface area contributed by atoms with Crippen LogP contribution in [0.15, 0.2) is 12.3 Å². The van der Waals surface area contributed by atoms with E-state index in [2.05, 4.69) is 15.1 Å². The molecule has 1 amide bonds. The van der Waals surface area contributed by atoms with Crippen LogP contribution in [0.2, 0.25) is 0 Å². The van der Waals surface area contributed by atoms with Crippen LogP contribution in [0.5, 0.6) is 0 Å². The third-order valence-electron chi connectivity index (χ3n) is 2.82. The smallest absolute Gasteiger partial charge is 0.323 e. The van der Waals surface area contributed by atoms with Gasteiger partial charge in [0, 0.05) is 18.4 Å². The molecule has 0 saturated carbocycles. The van der Waals surface area contributed by atoms with E-state index in [0.717, 1.165) is 5.69 Å². The first-order valence-electron chi connectivity index (χ1n) is 6.58. The second kappa shape index (κ2) is 5.86. The third kappa shape index (κ3) is 3.33. The van der Waals surface area contributed by atoms with Gasteiger partial charge in [0.15, 0.2) is 0 Å². The predicted molar refractivity (Wildman–Crippen MR) is 73.9 cm³/mol. The molecule has 2 aromatic rings. The monoisotopic (exact) mass is 291 g/mol. The highest BCUT2D eigenvalue weighted by Gasteiger charge is 2.23. The maximum absolute atomic E-state index is 12.4. The predicted octanol–water partition coefficient (Wildman–Crippen LogP) is 0.616. The molecule has 8 heteroatoms. The molecule has 0 bridgehead atoms. The van der Waals surface area contributed by atoms with Crippen molar-refractivity contribution < 1.29 is 14.7 Å². The summed E-state index contributed by atoms with van der Waals surface area (Å²) in [6, 6.07) is 1.75. The number of rotatable bonds is 5. The Kier molecular flexibility index (Phi) is 4.15. The van der Waals surface area contributed by atoms with Gasteiger partial charge in [-0.05, 0) is 18.9 Å². The lowest BCUT2D eigenvalue weighted by atomic mass is 10.2. The first kappa shape index (κ1) is 14.9. The van der Waals surface area contributed by atoms with Crippen LogP contribution in [-0.4, -0.2) is 54.6 Å². The molecule has 2 heterocycles. The number of nitrogens with zero attached hydrogens (tertiary/aromatic N) is 5. The lowest BCUT2D eigenvalue weighted by Gasteiger charge is -2.21. The largest absolute Gasteiger partial charge is 0.480 e. The van der Waals surface area contributed by atoms with E-state index in [1.54, 1.807) is 12.3 Å². The van der Waals surface area contributed by atoms with Crippen molar-refractivity contribution in [2.45, 2.75) is 20.8 Å². The summed E-state index contributed by atoms with van der Waals surface area (Å²) < 4.78 is 1.46. The Hall–Kier alpha value is -2.51. The first-order valence-corrected chi connectivity index (χ1v) is 6.58. The minimum atomic E-state index is -1.07. The number of hydrogen-bond acceptors (Lipinski definition) is 5. The summed E-state index contributed by atoms with van der Waals surface area (Å²) in [5.74, 6) is -1.15. The molecule has 0 aliphatic carbocycles. The minimum Gasteiger partial charge on any atom is -0.480 e. The Morgan fingerprint density at radius 2 is 2.14 bits per heavy atom. The molecule has 0 aliphatic heterocycles. The third-order valence-corrected chi connectivity index (χ3v) is 2.82. The summed E-state index contributed by atoms with van der Waals surface area (Å²) >= 11 is 0. The molecule has 0 unspecified atom stereocenters. The van der Waals surface area contributed by atoms with E-state index in [0.29, 0.717) is 12.3 Å². The number of carboxylic acids is 1. The van der Waals surface area contributed by atoms with E-state index in [9.17, 15) is 9.59 Å². The van der Waals surface area contributed by atoms with Gasteiger partial charge in [-0.1, -0.05) is 13.8 Å². The van der Waals surface area contributed by atoms with Gasteiger partial charge in [-0.25, -0.2) is 9.50 Å². The Labute approximate surface area is 121 Å². The standard InChI is InChI=1S/C13H17N5O3/c1-8(2)6-17(7-10(19)20)12(21)11-15-13-14-5-4-9(3)18(13)16-11/h4-5,8H,6-7H2,1-3H3,(H,19,20). The van der Waals surface area contributed by atoms with Crippen LogP contribution in [-0.2, 0) is 4.79 Å². The fourth-order valence-electron chi connectivity index (χ4n) is 1.96. The second-order valence-electron chi connectivity index (χ2n) is 5.21. The molecule has 8 nitrogen and oxygen atoms in total. The van der Waals surface area contributed by atoms with Crippen molar-refractivity contribution in [1.82, 2.24) is 24.5 Å². The average molecular weight is 291 g/mol. The number of amides is 1. The van der Waals surface area contributed by atoms with Crippen molar-refractivity contribution in [3.05, 3.63) is 23.8 Å². The lowest BCUT2D eigenvalue weighted by molar-refractivity contribution is -0.137. The normalized spacial score (nSPS) is 11.0. The summed E-state index contributed by atoms with van der Waals surface area (Å²) in [4.78, 5) is 32.6. The Morgan fingerprint density at radius 1 is 1.43 bits per heavy atom. The van der Waals surface area contributed by atoms with Crippen molar-refractivity contribution in [3.8, 4) is 0 Å². The number of aryl methyl sites for hydroxylation is 1. The van der Waals surface area contributed by atoms with Crippen molar-refractivity contribution in [2.75, 3.05) is 13.1 Å². The minimum absolute atomic E-state index is 0.0429. The Bertz CT molecular complexity index is 679. The van der Waals surface area contributed by atoms with Gasteiger partial charge in [0.1, 0.15) is 6.54 Å². The molecule has 0 radical (unpaired) electrons. The quantitative estimate of drug-likeness (QED) is 0.866. The zero-order valence-corrected chi connectivity index (χ0v) is 12.1. The zero-order chi connectivity index (χ0) is 15.6. The number of carbonyl (C=O) groups excluding carboxylic acids is 1. The van der Waals surface area contributed by atoms with Crippen molar-refractivity contribution in [2.24, 2.45) is 5.92 Å². The number of aromatic nitrogens is 4. The molecule has 0 fully saturated rings. The van der Waals surface area contributed by atoms with E-state index in [-0.39, 0.29) is 18.3 Å². The number of fused-ring (bicyclic) bond motifs is 1. The molecular formula is C13H17N5O3. The number of carboxylic acid groups (broad SMARTS) is 1. The van der Waals surface area contributed by atoms with Gasteiger partial charge >= 0.3 is 5.97 Å². The summed E-state index contributed by atoms with van der Waals surface area (Å²) in [6.45, 7) is 5.59. The molecule has 0 spiro atoms. The second-order valence-corrected chi connectivity index (χ2v) is 5.21. The van der Waals surface area contributed by atoms with Gasteiger partial charge in [0.25, 0.3) is 11.7 Å². The molecule has 0 saturated heterocycles. The molecule has 2 aromatic heterocycles. The van der Waals surface area contributed by atoms with Gasteiger partial charge in [0.2, 0.25) is 5.82 Å². The summed E-state index contributed by atoms with van der Waals surface area (Å²) in [5.41, 5.74) is 0.792. The molecule has 21 heavy (non-hydrogen) atoms. The molecule has 1 N–H and O–H groups in total. The number of aliphatic carboxylic acids is 1. The van der Waals surface area contributed by atoms with Gasteiger partial charge in [-0.15, -0.1) is 5.10 Å². The van der Waals surface area contributed by atoms with Crippen LogP contribution in [0.1, 0.15) is 30.2 Å². The highest BCUT2D eigenvalue weighted by atomic mass is 16.4. The molecule has 0 atom stereocenters. The molecule has 112 valence electrons. The van der Waals surface area contributed by atoms with Crippen LogP contribution >= 0.6 is 0 Å². The highest BCUT2D eigenvalue weighted by Crippen LogP contribution is 2.07. The molecular weight excluding hydrogens is 274 g/mol. The van der Waals surface area contributed by atoms with E-state index in [1.165, 1.54) is 9.42 Å². The summed E-state index contributed by atoms with van der Waals surface area (Å²) in [5, 5.41) is 13.0. The van der Waals surface area contributed by atoms with Crippen molar-refractivity contribution in [1.29, 1.82) is 0 Å². The van der Waals surface area contributed by atoms with Gasteiger partial charge in [0.05, 0.1) is 0 Å². The fraction of sp³-hybridized carbons (Fsp3) is 0.462. The zero-order valence-electron chi connectivity index (χ0n) is 12.1. The van der Waals surface area contributed by atoms with E-state index < -0.39 is 11.9 Å². The number of hydrogen-bond donors (Lipinski definition) is 1. The van der Waals surface area contributed by atoms with Crippen LogP contribution in [0, 0.1) is 12.8 Å². The van der Waals surface area contributed by atoms with Gasteiger partial charge < -0.3 is 10.0 Å². The van der Waals surface area contributed by atoms with Crippen LogP contribution in [0.25, 0.3) is 5.78 Å². The summed E-state index contributed by atoms with van der Waals surface area (Å²) in [6.07, 6.45) is 1.58. The van der Waals surface area contributed by atoms with E-state index in [4.69, 9.17) is 5.11 Å².